The number of aromatic nitrogens is 2. The zero-order valence-electron chi connectivity index (χ0n) is 17.2. The van der Waals surface area contributed by atoms with Crippen molar-refractivity contribution in [2.75, 3.05) is 49.1 Å². The monoisotopic (exact) mass is 383 g/mol. The molecule has 28 heavy (non-hydrogen) atoms. The molecule has 0 aliphatic carbocycles. The Morgan fingerprint density at radius 3 is 2.50 bits per heavy atom. The zero-order chi connectivity index (χ0) is 20.1. The summed E-state index contributed by atoms with van der Waals surface area (Å²) in [5.41, 5.74) is 3.27. The summed E-state index contributed by atoms with van der Waals surface area (Å²) in [5.74, 6) is 1.60. The third-order valence-electron chi connectivity index (χ3n) is 4.82. The molecule has 0 bridgehead atoms. The standard InChI is InChI=1S/C21H29N5O2/c1-5-26(18-9-7-8-16(3)14-18)19-15-17(4)22-20(23-19)24-10-12-25(13-11-24)21(27)28-6-2/h7-9,14-15H,5-6,10-13H2,1-4H3. The van der Waals surface area contributed by atoms with Gasteiger partial charge in [0, 0.05) is 50.2 Å². The van der Waals surface area contributed by atoms with E-state index in [0.29, 0.717) is 38.7 Å². The van der Waals surface area contributed by atoms with Gasteiger partial charge < -0.3 is 19.4 Å². The third-order valence-corrected chi connectivity index (χ3v) is 4.82. The van der Waals surface area contributed by atoms with Crippen LogP contribution in [0.25, 0.3) is 0 Å². The molecule has 0 radical (unpaired) electrons. The molecular formula is C21H29N5O2. The number of amides is 1. The number of ether oxygens (including phenoxy) is 1. The number of hydrogen-bond donors (Lipinski definition) is 0. The van der Waals surface area contributed by atoms with Crippen LogP contribution >= 0.6 is 0 Å². The van der Waals surface area contributed by atoms with Gasteiger partial charge in [-0.15, -0.1) is 0 Å². The molecule has 2 heterocycles. The lowest BCUT2D eigenvalue weighted by Crippen LogP contribution is -2.49. The molecule has 7 heteroatoms. The van der Waals surface area contributed by atoms with E-state index in [9.17, 15) is 4.79 Å². The maximum atomic E-state index is 11.9. The summed E-state index contributed by atoms with van der Waals surface area (Å²) in [4.78, 5) is 27.5. The molecule has 0 atom stereocenters. The fourth-order valence-electron chi connectivity index (χ4n) is 3.39. The molecule has 0 saturated carbocycles. The SMILES string of the molecule is CCOC(=O)N1CCN(c2nc(C)cc(N(CC)c3cccc(C)c3)n2)CC1. The Bertz CT molecular complexity index is 818. The maximum Gasteiger partial charge on any atom is 0.409 e. The van der Waals surface area contributed by atoms with Crippen LogP contribution in [0, 0.1) is 13.8 Å². The lowest BCUT2D eigenvalue weighted by atomic mass is 10.2. The number of hydrogen-bond acceptors (Lipinski definition) is 6. The van der Waals surface area contributed by atoms with Gasteiger partial charge in [0.1, 0.15) is 5.82 Å². The van der Waals surface area contributed by atoms with Crippen LogP contribution in [0.2, 0.25) is 0 Å². The minimum Gasteiger partial charge on any atom is -0.450 e. The van der Waals surface area contributed by atoms with E-state index in [-0.39, 0.29) is 6.09 Å². The first-order valence-electron chi connectivity index (χ1n) is 9.88. The molecule has 0 N–H and O–H groups in total. The first-order chi connectivity index (χ1) is 13.5. The predicted molar refractivity (Wildman–Crippen MR) is 111 cm³/mol. The Kier molecular flexibility index (Phi) is 6.34. The summed E-state index contributed by atoms with van der Waals surface area (Å²) < 4.78 is 5.10. The van der Waals surface area contributed by atoms with Crippen molar-refractivity contribution in [2.45, 2.75) is 27.7 Å². The second kappa shape index (κ2) is 8.91. The molecule has 1 aromatic carbocycles. The molecule has 0 spiro atoms. The number of aryl methyl sites for hydroxylation is 2. The Morgan fingerprint density at radius 2 is 1.86 bits per heavy atom. The Hall–Kier alpha value is -2.83. The van der Waals surface area contributed by atoms with E-state index in [1.54, 1.807) is 4.90 Å². The van der Waals surface area contributed by atoms with Crippen LogP contribution in [0.1, 0.15) is 25.1 Å². The summed E-state index contributed by atoms with van der Waals surface area (Å²) in [6.07, 6.45) is -0.246. The highest BCUT2D eigenvalue weighted by atomic mass is 16.6. The first-order valence-corrected chi connectivity index (χ1v) is 9.88. The van der Waals surface area contributed by atoms with Gasteiger partial charge in [-0.2, -0.15) is 4.98 Å². The number of piperazine rings is 1. The predicted octanol–water partition coefficient (Wildman–Crippen LogP) is 3.53. The van der Waals surface area contributed by atoms with E-state index in [0.717, 1.165) is 23.7 Å². The quantitative estimate of drug-likeness (QED) is 0.787. The number of benzene rings is 1. The summed E-state index contributed by atoms with van der Waals surface area (Å²) in [6, 6.07) is 10.4. The van der Waals surface area contributed by atoms with Crippen molar-refractivity contribution in [1.82, 2.24) is 14.9 Å². The molecule has 7 nitrogen and oxygen atoms in total. The lowest BCUT2D eigenvalue weighted by Gasteiger charge is -2.34. The molecule has 1 fully saturated rings. The van der Waals surface area contributed by atoms with Gasteiger partial charge in [-0.25, -0.2) is 9.78 Å². The smallest absolute Gasteiger partial charge is 0.409 e. The molecular weight excluding hydrogens is 354 g/mol. The van der Waals surface area contributed by atoms with Gasteiger partial charge in [0.15, 0.2) is 0 Å². The van der Waals surface area contributed by atoms with Gasteiger partial charge in [0.2, 0.25) is 5.95 Å². The van der Waals surface area contributed by atoms with E-state index in [4.69, 9.17) is 9.72 Å². The number of rotatable bonds is 5. The third kappa shape index (κ3) is 4.52. The van der Waals surface area contributed by atoms with Crippen LogP contribution in [-0.2, 0) is 4.74 Å². The van der Waals surface area contributed by atoms with Gasteiger partial charge in [-0.3, -0.25) is 0 Å². The molecule has 1 saturated heterocycles. The second-order valence-electron chi connectivity index (χ2n) is 6.92. The van der Waals surface area contributed by atoms with E-state index in [1.165, 1.54) is 5.56 Å². The van der Waals surface area contributed by atoms with Crippen molar-refractivity contribution in [3.63, 3.8) is 0 Å². The van der Waals surface area contributed by atoms with Crippen molar-refractivity contribution in [3.8, 4) is 0 Å². The van der Waals surface area contributed by atoms with Crippen molar-refractivity contribution in [2.24, 2.45) is 0 Å². The highest BCUT2D eigenvalue weighted by molar-refractivity contribution is 5.68. The van der Waals surface area contributed by atoms with E-state index in [1.807, 2.05) is 19.9 Å². The highest BCUT2D eigenvalue weighted by Gasteiger charge is 2.24. The van der Waals surface area contributed by atoms with Crippen LogP contribution in [-0.4, -0.2) is 60.3 Å². The fourth-order valence-corrected chi connectivity index (χ4v) is 3.39. The average molecular weight is 383 g/mol. The summed E-state index contributed by atoms with van der Waals surface area (Å²) in [6.45, 7) is 11.9. The molecule has 1 aliphatic heterocycles. The summed E-state index contributed by atoms with van der Waals surface area (Å²) in [5, 5.41) is 0. The first kappa shape index (κ1) is 19.9. The fraction of sp³-hybridized carbons (Fsp3) is 0.476. The topological polar surface area (TPSA) is 61.8 Å². The Balaban J connectivity index is 1.79. The highest BCUT2D eigenvalue weighted by Crippen LogP contribution is 2.26. The van der Waals surface area contributed by atoms with E-state index in [2.05, 4.69) is 52.9 Å². The molecule has 1 amide bonds. The van der Waals surface area contributed by atoms with Crippen LogP contribution < -0.4 is 9.80 Å². The van der Waals surface area contributed by atoms with Crippen LogP contribution in [0.3, 0.4) is 0 Å². The van der Waals surface area contributed by atoms with Crippen LogP contribution in [0.4, 0.5) is 22.2 Å². The van der Waals surface area contributed by atoms with Gasteiger partial charge in [-0.05, 0) is 45.4 Å². The lowest BCUT2D eigenvalue weighted by molar-refractivity contribution is 0.105. The minimum atomic E-state index is -0.246. The molecule has 1 aromatic heterocycles. The Labute approximate surface area is 166 Å². The van der Waals surface area contributed by atoms with Gasteiger partial charge in [-0.1, -0.05) is 12.1 Å². The molecule has 2 aromatic rings. The van der Waals surface area contributed by atoms with Gasteiger partial charge in [0.25, 0.3) is 0 Å². The number of carbonyl (C=O) groups excluding carboxylic acids is 1. The number of anilines is 3. The average Bonchev–Trinajstić information content (AvgIpc) is 2.68. The number of nitrogens with zero attached hydrogens (tertiary/aromatic N) is 5. The zero-order valence-corrected chi connectivity index (χ0v) is 17.2. The van der Waals surface area contributed by atoms with Crippen molar-refractivity contribution in [3.05, 3.63) is 41.6 Å². The van der Waals surface area contributed by atoms with E-state index < -0.39 is 0 Å². The largest absolute Gasteiger partial charge is 0.450 e. The number of carbonyl (C=O) groups is 1. The molecule has 1 aliphatic rings. The van der Waals surface area contributed by atoms with Crippen LogP contribution in [0.15, 0.2) is 30.3 Å². The Morgan fingerprint density at radius 1 is 1.11 bits per heavy atom. The van der Waals surface area contributed by atoms with Gasteiger partial charge in [0.05, 0.1) is 6.61 Å². The minimum absolute atomic E-state index is 0.246. The van der Waals surface area contributed by atoms with Crippen molar-refractivity contribution >= 4 is 23.5 Å². The summed E-state index contributed by atoms with van der Waals surface area (Å²) in [7, 11) is 0. The second-order valence-corrected chi connectivity index (χ2v) is 6.92. The van der Waals surface area contributed by atoms with Crippen molar-refractivity contribution < 1.29 is 9.53 Å². The normalized spacial score (nSPS) is 14.1. The van der Waals surface area contributed by atoms with Gasteiger partial charge >= 0.3 is 6.09 Å². The summed E-state index contributed by atoms with van der Waals surface area (Å²) >= 11 is 0. The molecule has 0 unspecified atom stereocenters. The maximum absolute atomic E-state index is 11.9. The van der Waals surface area contributed by atoms with Crippen molar-refractivity contribution in [1.29, 1.82) is 0 Å². The van der Waals surface area contributed by atoms with E-state index >= 15 is 0 Å². The molecule has 3 rings (SSSR count). The molecule has 150 valence electrons. The van der Waals surface area contributed by atoms with Crippen LogP contribution in [0.5, 0.6) is 0 Å².